The molecule has 90 valence electrons. The standard InChI is InChI=1S/C12H19ClN2O/c1-3-16-7-6-12(15-14)10-5-4-9(2)11(13)8-10/h4-5,8,12,15H,3,6-7,14H2,1-2H3. The van der Waals surface area contributed by atoms with E-state index in [9.17, 15) is 0 Å². The van der Waals surface area contributed by atoms with E-state index in [4.69, 9.17) is 22.2 Å². The third-order valence-electron chi connectivity index (χ3n) is 2.55. The van der Waals surface area contributed by atoms with Crippen LogP contribution >= 0.6 is 11.6 Å². The molecule has 0 bridgehead atoms. The fraction of sp³-hybridized carbons (Fsp3) is 0.500. The van der Waals surface area contributed by atoms with Gasteiger partial charge in [-0.3, -0.25) is 11.3 Å². The first kappa shape index (κ1) is 13.5. The van der Waals surface area contributed by atoms with E-state index in [2.05, 4.69) is 5.43 Å². The van der Waals surface area contributed by atoms with Gasteiger partial charge in [-0.2, -0.15) is 0 Å². The van der Waals surface area contributed by atoms with Gasteiger partial charge in [0, 0.05) is 24.3 Å². The maximum Gasteiger partial charge on any atom is 0.0484 e. The average molecular weight is 243 g/mol. The van der Waals surface area contributed by atoms with E-state index in [0.29, 0.717) is 6.61 Å². The molecule has 1 rings (SSSR count). The molecule has 1 aromatic rings. The van der Waals surface area contributed by atoms with Crippen LogP contribution in [0.3, 0.4) is 0 Å². The van der Waals surface area contributed by atoms with E-state index in [1.807, 2.05) is 32.0 Å². The molecular formula is C12H19ClN2O. The third kappa shape index (κ3) is 3.76. The SMILES string of the molecule is CCOCCC(NN)c1ccc(C)c(Cl)c1. The molecule has 3 N–H and O–H groups in total. The topological polar surface area (TPSA) is 47.3 Å². The quantitative estimate of drug-likeness (QED) is 0.458. The van der Waals surface area contributed by atoms with Crippen LogP contribution in [0.5, 0.6) is 0 Å². The van der Waals surface area contributed by atoms with Crippen LogP contribution in [0.25, 0.3) is 0 Å². The van der Waals surface area contributed by atoms with Gasteiger partial charge in [-0.25, -0.2) is 0 Å². The summed E-state index contributed by atoms with van der Waals surface area (Å²) < 4.78 is 5.31. The number of hydrazine groups is 1. The number of hydrogen-bond donors (Lipinski definition) is 2. The summed E-state index contributed by atoms with van der Waals surface area (Å²) in [5.74, 6) is 5.53. The van der Waals surface area contributed by atoms with Gasteiger partial charge in [-0.05, 0) is 37.5 Å². The monoisotopic (exact) mass is 242 g/mol. The van der Waals surface area contributed by atoms with Crippen molar-refractivity contribution in [1.29, 1.82) is 0 Å². The lowest BCUT2D eigenvalue weighted by atomic mass is 10.0. The highest BCUT2D eigenvalue weighted by Gasteiger charge is 2.10. The summed E-state index contributed by atoms with van der Waals surface area (Å²) in [4.78, 5) is 0. The lowest BCUT2D eigenvalue weighted by molar-refractivity contribution is 0.136. The predicted octanol–water partition coefficient (Wildman–Crippen LogP) is 2.58. The zero-order valence-electron chi connectivity index (χ0n) is 9.79. The van der Waals surface area contributed by atoms with Crippen molar-refractivity contribution in [3.05, 3.63) is 34.3 Å². The molecule has 1 atom stereocenters. The predicted molar refractivity (Wildman–Crippen MR) is 67.4 cm³/mol. The fourth-order valence-electron chi connectivity index (χ4n) is 1.52. The number of hydrogen-bond acceptors (Lipinski definition) is 3. The van der Waals surface area contributed by atoms with Crippen LogP contribution in [-0.2, 0) is 4.74 Å². The summed E-state index contributed by atoms with van der Waals surface area (Å²) in [6.45, 7) is 5.38. The summed E-state index contributed by atoms with van der Waals surface area (Å²) in [7, 11) is 0. The van der Waals surface area contributed by atoms with Crippen LogP contribution in [0, 0.1) is 6.92 Å². The van der Waals surface area contributed by atoms with Crippen molar-refractivity contribution >= 4 is 11.6 Å². The molecule has 3 nitrogen and oxygen atoms in total. The van der Waals surface area contributed by atoms with Crippen molar-refractivity contribution in [2.75, 3.05) is 13.2 Å². The van der Waals surface area contributed by atoms with Gasteiger partial charge in [0.15, 0.2) is 0 Å². The summed E-state index contributed by atoms with van der Waals surface area (Å²) in [5, 5.41) is 0.772. The van der Waals surface area contributed by atoms with Gasteiger partial charge in [-0.1, -0.05) is 23.7 Å². The van der Waals surface area contributed by atoms with E-state index in [0.717, 1.165) is 29.2 Å². The van der Waals surface area contributed by atoms with Gasteiger partial charge in [0.2, 0.25) is 0 Å². The van der Waals surface area contributed by atoms with Crippen molar-refractivity contribution in [2.24, 2.45) is 5.84 Å². The zero-order valence-corrected chi connectivity index (χ0v) is 10.6. The summed E-state index contributed by atoms with van der Waals surface area (Å²) in [6.07, 6.45) is 0.837. The largest absolute Gasteiger partial charge is 0.382 e. The van der Waals surface area contributed by atoms with Crippen molar-refractivity contribution in [1.82, 2.24) is 5.43 Å². The van der Waals surface area contributed by atoms with Gasteiger partial charge < -0.3 is 4.74 Å². The minimum absolute atomic E-state index is 0.0876. The second-order valence-corrected chi connectivity index (χ2v) is 4.12. The maximum absolute atomic E-state index is 6.08. The van der Waals surface area contributed by atoms with E-state index < -0.39 is 0 Å². The normalized spacial score (nSPS) is 12.8. The highest BCUT2D eigenvalue weighted by Crippen LogP contribution is 2.22. The Morgan fingerprint density at radius 1 is 1.50 bits per heavy atom. The van der Waals surface area contributed by atoms with Crippen molar-refractivity contribution in [3.8, 4) is 0 Å². The van der Waals surface area contributed by atoms with Crippen LogP contribution in [0.15, 0.2) is 18.2 Å². The van der Waals surface area contributed by atoms with E-state index >= 15 is 0 Å². The van der Waals surface area contributed by atoms with Crippen molar-refractivity contribution in [3.63, 3.8) is 0 Å². The second-order valence-electron chi connectivity index (χ2n) is 3.71. The Labute approximate surface area is 102 Å². The number of halogens is 1. The minimum Gasteiger partial charge on any atom is -0.382 e. The van der Waals surface area contributed by atoms with Crippen LogP contribution in [0.1, 0.15) is 30.5 Å². The number of benzene rings is 1. The molecule has 0 aliphatic carbocycles. The van der Waals surface area contributed by atoms with Gasteiger partial charge in [0.25, 0.3) is 0 Å². The lowest BCUT2D eigenvalue weighted by Crippen LogP contribution is -2.29. The molecule has 0 fully saturated rings. The number of aryl methyl sites for hydroxylation is 1. The van der Waals surface area contributed by atoms with Gasteiger partial charge in [0.05, 0.1) is 0 Å². The molecule has 1 aromatic carbocycles. The summed E-state index contributed by atoms with van der Waals surface area (Å²) in [6, 6.07) is 6.08. The molecule has 0 aromatic heterocycles. The van der Waals surface area contributed by atoms with E-state index in [-0.39, 0.29) is 6.04 Å². The molecule has 4 heteroatoms. The van der Waals surface area contributed by atoms with Gasteiger partial charge in [-0.15, -0.1) is 0 Å². The number of rotatable bonds is 6. The third-order valence-corrected chi connectivity index (χ3v) is 2.96. The fourth-order valence-corrected chi connectivity index (χ4v) is 1.71. The number of ether oxygens (including phenoxy) is 1. The Kier molecular flexibility index (Phi) is 5.77. The van der Waals surface area contributed by atoms with Gasteiger partial charge in [0.1, 0.15) is 0 Å². The lowest BCUT2D eigenvalue weighted by Gasteiger charge is -2.16. The molecular weight excluding hydrogens is 224 g/mol. The molecule has 0 saturated heterocycles. The molecule has 1 unspecified atom stereocenters. The molecule has 0 radical (unpaired) electrons. The minimum atomic E-state index is 0.0876. The Hall–Kier alpha value is -0.610. The highest BCUT2D eigenvalue weighted by atomic mass is 35.5. The van der Waals surface area contributed by atoms with Crippen LogP contribution in [-0.4, -0.2) is 13.2 Å². The van der Waals surface area contributed by atoms with Crippen LogP contribution < -0.4 is 11.3 Å². The van der Waals surface area contributed by atoms with E-state index in [1.165, 1.54) is 0 Å². The average Bonchev–Trinajstić information content (AvgIpc) is 2.29. The van der Waals surface area contributed by atoms with Crippen LogP contribution in [0.2, 0.25) is 5.02 Å². The van der Waals surface area contributed by atoms with E-state index in [1.54, 1.807) is 0 Å². The Bertz CT molecular complexity index is 331. The summed E-state index contributed by atoms with van der Waals surface area (Å²) >= 11 is 6.08. The smallest absolute Gasteiger partial charge is 0.0484 e. The molecule has 0 heterocycles. The molecule has 0 saturated carbocycles. The van der Waals surface area contributed by atoms with Crippen LogP contribution in [0.4, 0.5) is 0 Å². The second kappa shape index (κ2) is 6.86. The molecule has 0 amide bonds. The van der Waals surface area contributed by atoms with Gasteiger partial charge >= 0.3 is 0 Å². The number of nitrogens with two attached hydrogens (primary N) is 1. The van der Waals surface area contributed by atoms with Crippen molar-refractivity contribution in [2.45, 2.75) is 26.3 Å². The first-order valence-electron chi connectivity index (χ1n) is 5.49. The molecule has 0 aliphatic rings. The summed E-state index contributed by atoms with van der Waals surface area (Å²) in [5.41, 5.74) is 4.96. The Morgan fingerprint density at radius 3 is 2.81 bits per heavy atom. The molecule has 16 heavy (non-hydrogen) atoms. The Morgan fingerprint density at radius 2 is 2.25 bits per heavy atom. The first-order chi connectivity index (χ1) is 7.69. The first-order valence-corrected chi connectivity index (χ1v) is 5.86. The maximum atomic E-state index is 6.08. The van der Waals surface area contributed by atoms with Crippen molar-refractivity contribution < 1.29 is 4.74 Å². The Balaban J connectivity index is 2.67. The molecule has 0 spiro atoms. The zero-order chi connectivity index (χ0) is 12.0. The molecule has 0 aliphatic heterocycles. The highest BCUT2D eigenvalue weighted by molar-refractivity contribution is 6.31. The number of nitrogens with one attached hydrogen (secondary N) is 1.